The van der Waals surface area contributed by atoms with Crippen molar-refractivity contribution in [2.75, 3.05) is 0 Å². The van der Waals surface area contributed by atoms with Crippen LogP contribution in [0.1, 0.15) is 18.9 Å². The van der Waals surface area contributed by atoms with Gasteiger partial charge in [0.1, 0.15) is 5.82 Å². The predicted molar refractivity (Wildman–Crippen MR) is 56.2 cm³/mol. The highest BCUT2D eigenvalue weighted by atomic mass is 79.9. The van der Waals surface area contributed by atoms with Gasteiger partial charge in [0, 0.05) is 13.0 Å². The Morgan fingerprint density at radius 3 is 2.86 bits per heavy atom. The number of hydrogen-bond acceptors (Lipinski definition) is 1. The number of carbonyl (C=O) groups is 1. The van der Waals surface area contributed by atoms with Gasteiger partial charge in [-0.05, 0) is 33.6 Å². The molecule has 0 saturated heterocycles. The summed E-state index contributed by atoms with van der Waals surface area (Å²) < 4.78 is 13.2. The summed E-state index contributed by atoms with van der Waals surface area (Å²) in [6, 6.07) is 4.68. The van der Waals surface area contributed by atoms with Crippen molar-refractivity contribution in [1.29, 1.82) is 0 Å². The lowest BCUT2D eigenvalue weighted by Gasteiger charge is -2.04. The Kier molecular flexibility index (Phi) is 4.07. The molecular formula is C10H11BrFNO. The minimum Gasteiger partial charge on any atom is -0.352 e. The molecule has 2 nitrogen and oxygen atoms in total. The first kappa shape index (κ1) is 11.2. The number of hydrogen-bond donors (Lipinski definition) is 1. The largest absolute Gasteiger partial charge is 0.352 e. The van der Waals surface area contributed by atoms with E-state index in [0.29, 0.717) is 17.4 Å². The second-order valence-corrected chi connectivity index (χ2v) is 3.73. The summed E-state index contributed by atoms with van der Waals surface area (Å²) in [6.07, 6.45) is 0.461. The summed E-state index contributed by atoms with van der Waals surface area (Å²) in [5, 5.41) is 2.71. The van der Waals surface area contributed by atoms with Crippen molar-refractivity contribution in [2.45, 2.75) is 19.9 Å². The summed E-state index contributed by atoms with van der Waals surface area (Å²) in [6.45, 7) is 2.22. The maximum Gasteiger partial charge on any atom is 0.219 e. The van der Waals surface area contributed by atoms with Crippen molar-refractivity contribution in [3.63, 3.8) is 0 Å². The number of amides is 1. The molecule has 0 bridgehead atoms. The Hall–Kier alpha value is -0.900. The minimum absolute atomic E-state index is 0.00884. The topological polar surface area (TPSA) is 29.1 Å². The maximum atomic E-state index is 12.8. The van der Waals surface area contributed by atoms with Gasteiger partial charge in [0.25, 0.3) is 0 Å². The van der Waals surface area contributed by atoms with Crippen LogP contribution in [0.4, 0.5) is 4.39 Å². The highest BCUT2D eigenvalue weighted by molar-refractivity contribution is 9.10. The van der Waals surface area contributed by atoms with Crippen molar-refractivity contribution < 1.29 is 9.18 Å². The monoisotopic (exact) mass is 259 g/mol. The Balaban J connectivity index is 2.60. The van der Waals surface area contributed by atoms with E-state index in [1.807, 2.05) is 0 Å². The van der Waals surface area contributed by atoms with E-state index >= 15 is 0 Å². The zero-order chi connectivity index (χ0) is 10.6. The van der Waals surface area contributed by atoms with E-state index in [1.165, 1.54) is 6.07 Å². The molecule has 1 aromatic rings. The molecule has 4 heteroatoms. The molecule has 0 atom stereocenters. The van der Waals surface area contributed by atoms with Crippen LogP contribution in [0.25, 0.3) is 0 Å². The number of halogens is 2. The fourth-order valence-corrected chi connectivity index (χ4v) is 1.40. The van der Waals surface area contributed by atoms with Crippen LogP contribution in [0, 0.1) is 5.82 Å². The van der Waals surface area contributed by atoms with E-state index in [-0.39, 0.29) is 11.7 Å². The average molecular weight is 260 g/mol. The summed E-state index contributed by atoms with van der Waals surface area (Å²) >= 11 is 3.08. The van der Waals surface area contributed by atoms with Crippen LogP contribution >= 0.6 is 15.9 Å². The zero-order valence-electron chi connectivity index (χ0n) is 7.81. The van der Waals surface area contributed by atoms with Gasteiger partial charge in [-0.25, -0.2) is 4.39 Å². The minimum atomic E-state index is -0.296. The highest BCUT2D eigenvalue weighted by Gasteiger charge is 2.01. The van der Waals surface area contributed by atoms with Gasteiger partial charge >= 0.3 is 0 Å². The fraction of sp³-hybridized carbons (Fsp3) is 0.300. The highest BCUT2D eigenvalue weighted by Crippen LogP contribution is 2.16. The van der Waals surface area contributed by atoms with E-state index in [9.17, 15) is 9.18 Å². The van der Waals surface area contributed by atoms with Gasteiger partial charge in [0.2, 0.25) is 5.91 Å². The van der Waals surface area contributed by atoms with Gasteiger partial charge < -0.3 is 5.32 Å². The molecule has 1 rings (SSSR count). The number of carbonyl (C=O) groups excluding carboxylic acids is 1. The third kappa shape index (κ3) is 3.10. The fourth-order valence-electron chi connectivity index (χ4n) is 0.975. The molecule has 0 aliphatic carbocycles. The molecule has 0 fully saturated rings. The van der Waals surface area contributed by atoms with E-state index in [4.69, 9.17) is 0 Å². The summed E-state index contributed by atoms with van der Waals surface area (Å²) in [5.41, 5.74) is 0.875. The van der Waals surface area contributed by atoms with Gasteiger partial charge in [0.05, 0.1) is 4.47 Å². The summed E-state index contributed by atoms with van der Waals surface area (Å²) in [4.78, 5) is 10.9. The van der Waals surface area contributed by atoms with Crippen molar-refractivity contribution in [3.05, 3.63) is 34.1 Å². The van der Waals surface area contributed by atoms with Crippen LogP contribution in [0.15, 0.2) is 22.7 Å². The molecule has 0 aromatic heterocycles. The first-order valence-electron chi connectivity index (χ1n) is 4.34. The van der Waals surface area contributed by atoms with E-state index < -0.39 is 0 Å². The zero-order valence-corrected chi connectivity index (χ0v) is 9.40. The summed E-state index contributed by atoms with van der Waals surface area (Å²) in [7, 11) is 0. The van der Waals surface area contributed by atoms with Crippen LogP contribution in [0.3, 0.4) is 0 Å². The van der Waals surface area contributed by atoms with Crippen LogP contribution in [0.5, 0.6) is 0 Å². The first-order chi connectivity index (χ1) is 6.63. The van der Waals surface area contributed by atoms with E-state index in [1.54, 1.807) is 19.1 Å². The number of nitrogens with one attached hydrogen (secondary N) is 1. The Bertz CT molecular complexity index is 341. The molecule has 0 aliphatic heterocycles. The molecule has 76 valence electrons. The lowest BCUT2D eigenvalue weighted by Crippen LogP contribution is -2.21. The van der Waals surface area contributed by atoms with Crippen molar-refractivity contribution in [2.24, 2.45) is 0 Å². The molecule has 0 aliphatic rings. The van der Waals surface area contributed by atoms with Gasteiger partial charge in [-0.3, -0.25) is 4.79 Å². The van der Waals surface area contributed by atoms with E-state index in [0.717, 1.165) is 5.56 Å². The van der Waals surface area contributed by atoms with Gasteiger partial charge in [-0.15, -0.1) is 0 Å². The normalized spacial score (nSPS) is 9.93. The molecule has 14 heavy (non-hydrogen) atoms. The third-order valence-corrected chi connectivity index (χ3v) is 2.40. The smallest absolute Gasteiger partial charge is 0.219 e. The first-order valence-corrected chi connectivity index (χ1v) is 5.13. The van der Waals surface area contributed by atoms with Crippen LogP contribution < -0.4 is 5.32 Å². The van der Waals surface area contributed by atoms with Gasteiger partial charge in [-0.2, -0.15) is 0 Å². The molecular weight excluding hydrogens is 249 g/mol. The molecule has 0 radical (unpaired) electrons. The lowest BCUT2D eigenvalue weighted by molar-refractivity contribution is -0.120. The standard InChI is InChI=1S/C10H11BrFNO/c1-2-10(14)13-6-7-3-4-9(12)8(11)5-7/h3-5H,2,6H2,1H3,(H,13,14). The molecule has 1 aromatic carbocycles. The van der Waals surface area contributed by atoms with Crippen molar-refractivity contribution >= 4 is 21.8 Å². The Morgan fingerprint density at radius 1 is 1.57 bits per heavy atom. The average Bonchev–Trinajstić information content (AvgIpc) is 2.19. The predicted octanol–water partition coefficient (Wildman–Crippen LogP) is 2.61. The molecule has 0 heterocycles. The number of benzene rings is 1. The SMILES string of the molecule is CCC(=O)NCc1ccc(F)c(Br)c1. The molecule has 0 spiro atoms. The van der Waals surface area contributed by atoms with E-state index in [2.05, 4.69) is 21.2 Å². The second kappa shape index (κ2) is 5.10. The van der Waals surface area contributed by atoms with Crippen LogP contribution in [-0.4, -0.2) is 5.91 Å². The quantitative estimate of drug-likeness (QED) is 0.889. The summed E-state index contributed by atoms with van der Waals surface area (Å²) in [5.74, 6) is -0.305. The van der Waals surface area contributed by atoms with Gasteiger partial charge in [-0.1, -0.05) is 13.0 Å². The van der Waals surface area contributed by atoms with Crippen molar-refractivity contribution in [1.82, 2.24) is 5.32 Å². The third-order valence-electron chi connectivity index (χ3n) is 1.79. The number of rotatable bonds is 3. The molecule has 0 saturated carbocycles. The van der Waals surface area contributed by atoms with Gasteiger partial charge in [0.15, 0.2) is 0 Å². The van der Waals surface area contributed by atoms with Crippen molar-refractivity contribution in [3.8, 4) is 0 Å². The van der Waals surface area contributed by atoms with Crippen LogP contribution in [-0.2, 0) is 11.3 Å². The maximum absolute atomic E-state index is 12.8. The van der Waals surface area contributed by atoms with Crippen LogP contribution in [0.2, 0.25) is 0 Å². The molecule has 0 unspecified atom stereocenters. The molecule has 1 N–H and O–H groups in total. The Morgan fingerprint density at radius 2 is 2.29 bits per heavy atom. The lowest BCUT2D eigenvalue weighted by atomic mass is 10.2. The Labute approximate surface area is 90.6 Å². The molecule has 1 amide bonds. The second-order valence-electron chi connectivity index (χ2n) is 2.88.